The van der Waals surface area contributed by atoms with Crippen LogP contribution in [0.2, 0.25) is 0 Å². The standard InChI is InChI=1S/C11H13O2S/c12-11(13-8-4-5-9-14)10-6-2-1-3-7-10/h1-3,6-7H,4-5,8-9H2. The van der Waals surface area contributed by atoms with Crippen LogP contribution in [0, 0.1) is 0 Å². The Morgan fingerprint density at radius 1 is 1.21 bits per heavy atom. The molecule has 0 aromatic heterocycles. The molecule has 0 atom stereocenters. The summed E-state index contributed by atoms with van der Waals surface area (Å²) in [4.78, 5) is 11.4. The quantitative estimate of drug-likeness (QED) is 0.550. The van der Waals surface area contributed by atoms with Crippen LogP contribution in [0.4, 0.5) is 0 Å². The number of ether oxygens (including phenoxy) is 1. The summed E-state index contributed by atoms with van der Waals surface area (Å²) in [5.41, 5.74) is 0.603. The van der Waals surface area contributed by atoms with Crippen molar-refractivity contribution in [1.29, 1.82) is 0 Å². The van der Waals surface area contributed by atoms with E-state index in [0.717, 1.165) is 18.6 Å². The average molecular weight is 209 g/mol. The number of hydrogen-bond acceptors (Lipinski definition) is 2. The third kappa shape index (κ3) is 3.83. The molecule has 1 aromatic rings. The zero-order valence-corrected chi connectivity index (χ0v) is 8.76. The summed E-state index contributed by atoms with van der Waals surface area (Å²) in [6, 6.07) is 9.00. The van der Waals surface area contributed by atoms with Crippen LogP contribution < -0.4 is 0 Å². The van der Waals surface area contributed by atoms with Crippen molar-refractivity contribution in [2.75, 3.05) is 12.4 Å². The summed E-state index contributed by atoms with van der Waals surface area (Å²) < 4.78 is 5.04. The van der Waals surface area contributed by atoms with Crippen molar-refractivity contribution in [3.8, 4) is 0 Å². The Kier molecular flexibility index (Phi) is 5.15. The van der Waals surface area contributed by atoms with Gasteiger partial charge >= 0.3 is 5.97 Å². The molecule has 1 radical (unpaired) electrons. The normalized spacial score (nSPS) is 9.79. The highest BCUT2D eigenvalue weighted by molar-refractivity contribution is 7.80. The number of unbranched alkanes of at least 4 members (excludes halogenated alkanes) is 1. The van der Waals surface area contributed by atoms with Crippen LogP contribution in [-0.4, -0.2) is 18.3 Å². The molecule has 0 bridgehead atoms. The van der Waals surface area contributed by atoms with Crippen molar-refractivity contribution in [2.24, 2.45) is 0 Å². The minimum absolute atomic E-state index is 0.255. The Morgan fingerprint density at radius 3 is 2.57 bits per heavy atom. The van der Waals surface area contributed by atoms with Gasteiger partial charge in [-0.05, 0) is 25.0 Å². The fourth-order valence-corrected chi connectivity index (χ4v) is 1.23. The highest BCUT2D eigenvalue weighted by Gasteiger charge is 2.04. The predicted molar refractivity (Wildman–Crippen MR) is 58.4 cm³/mol. The van der Waals surface area contributed by atoms with Gasteiger partial charge in [-0.2, -0.15) is 0 Å². The first-order valence-electron chi connectivity index (χ1n) is 4.65. The van der Waals surface area contributed by atoms with Gasteiger partial charge in [-0.15, -0.1) is 0 Å². The molecule has 0 heterocycles. The lowest BCUT2D eigenvalue weighted by atomic mass is 10.2. The van der Waals surface area contributed by atoms with Crippen LogP contribution in [0.1, 0.15) is 23.2 Å². The van der Waals surface area contributed by atoms with E-state index in [1.54, 1.807) is 12.1 Å². The van der Waals surface area contributed by atoms with Crippen LogP contribution in [0.5, 0.6) is 0 Å². The molecule has 3 heteroatoms. The van der Waals surface area contributed by atoms with Gasteiger partial charge in [-0.25, -0.2) is 4.79 Å². The van der Waals surface area contributed by atoms with Crippen molar-refractivity contribution >= 4 is 18.6 Å². The van der Waals surface area contributed by atoms with Gasteiger partial charge in [0.2, 0.25) is 0 Å². The van der Waals surface area contributed by atoms with Gasteiger partial charge in [0.05, 0.1) is 12.2 Å². The molecule has 2 nitrogen and oxygen atoms in total. The number of carbonyl (C=O) groups is 1. The topological polar surface area (TPSA) is 26.3 Å². The van der Waals surface area contributed by atoms with E-state index in [9.17, 15) is 4.79 Å². The lowest BCUT2D eigenvalue weighted by Gasteiger charge is -2.03. The molecule has 0 aliphatic rings. The van der Waals surface area contributed by atoms with Crippen molar-refractivity contribution in [2.45, 2.75) is 12.8 Å². The molecular formula is C11H13O2S. The molecule has 0 unspecified atom stereocenters. The van der Waals surface area contributed by atoms with Crippen LogP contribution in [0.25, 0.3) is 0 Å². The van der Waals surface area contributed by atoms with Crippen LogP contribution in [-0.2, 0) is 4.74 Å². The van der Waals surface area contributed by atoms with Crippen LogP contribution in [0.3, 0.4) is 0 Å². The maximum Gasteiger partial charge on any atom is 0.338 e. The summed E-state index contributed by atoms with van der Waals surface area (Å²) >= 11 is 4.78. The van der Waals surface area contributed by atoms with Crippen molar-refractivity contribution in [3.05, 3.63) is 35.9 Å². The molecule has 14 heavy (non-hydrogen) atoms. The largest absolute Gasteiger partial charge is 0.462 e. The fraction of sp³-hybridized carbons (Fsp3) is 0.364. The highest BCUT2D eigenvalue weighted by atomic mass is 32.1. The minimum Gasteiger partial charge on any atom is -0.462 e. The zero-order chi connectivity index (χ0) is 10.2. The Morgan fingerprint density at radius 2 is 1.93 bits per heavy atom. The number of esters is 1. The second-order valence-electron chi connectivity index (χ2n) is 2.91. The number of carbonyl (C=O) groups excluding carboxylic acids is 1. The average Bonchev–Trinajstić information content (AvgIpc) is 2.25. The molecular weight excluding hydrogens is 196 g/mol. The van der Waals surface area contributed by atoms with Gasteiger partial charge in [0, 0.05) is 5.75 Å². The molecule has 1 aromatic carbocycles. The van der Waals surface area contributed by atoms with Crippen molar-refractivity contribution in [1.82, 2.24) is 0 Å². The van der Waals surface area contributed by atoms with Gasteiger partial charge < -0.3 is 4.74 Å². The van der Waals surface area contributed by atoms with E-state index in [0.29, 0.717) is 12.2 Å². The van der Waals surface area contributed by atoms with Crippen molar-refractivity contribution in [3.63, 3.8) is 0 Å². The number of rotatable bonds is 5. The first kappa shape index (κ1) is 11.1. The number of hydrogen-bond donors (Lipinski definition) is 0. The molecule has 0 fully saturated rings. The monoisotopic (exact) mass is 209 g/mol. The molecule has 0 saturated carbocycles. The van der Waals surface area contributed by atoms with E-state index in [2.05, 4.69) is 0 Å². The van der Waals surface area contributed by atoms with Crippen LogP contribution in [0.15, 0.2) is 30.3 Å². The SMILES string of the molecule is O=C(OCCCC[S])c1ccccc1. The second kappa shape index (κ2) is 6.49. The first-order valence-corrected chi connectivity index (χ1v) is 5.22. The van der Waals surface area contributed by atoms with E-state index in [1.807, 2.05) is 18.2 Å². The van der Waals surface area contributed by atoms with Gasteiger partial charge in [0.15, 0.2) is 0 Å². The third-order valence-corrected chi connectivity index (χ3v) is 2.07. The Bertz CT molecular complexity index is 272. The summed E-state index contributed by atoms with van der Waals surface area (Å²) in [6.07, 6.45) is 1.78. The van der Waals surface area contributed by atoms with Crippen LogP contribution >= 0.6 is 12.6 Å². The van der Waals surface area contributed by atoms with E-state index in [1.165, 1.54) is 0 Å². The maximum absolute atomic E-state index is 11.4. The lowest BCUT2D eigenvalue weighted by molar-refractivity contribution is 0.0500. The predicted octanol–water partition coefficient (Wildman–Crippen LogP) is 2.82. The van der Waals surface area contributed by atoms with Gasteiger partial charge in [0.1, 0.15) is 0 Å². The summed E-state index contributed by atoms with van der Waals surface area (Å²) in [6.45, 7) is 0.463. The third-order valence-electron chi connectivity index (χ3n) is 1.78. The van der Waals surface area contributed by atoms with Crippen molar-refractivity contribution < 1.29 is 9.53 Å². The van der Waals surface area contributed by atoms with Gasteiger partial charge in [-0.1, -0.05) is 30.8 Å². The summed E-state index contributed by atoms with van der Waals surface area (Å²) in [5, 5.41) is 0. The Balaban J connectivity index is 2.29. The minimum atomic E-state index is -0.255. The lowest BCUT2D eigenvalue weighted by Crippen LogP contribution is -2.06. The van der Waals surface area contributed by atoms with E-state index in [-0.39, 0.29) is 5.97 Å². The molecule has 75 valence electrons. The molecule has 1 rings (SSSR count). The molecule has 0 amide bonds. The molecule has 0 aliphatic carbocycles. The highest BCUT2D eigenvalue weighted by Crippen LogP contribution is 2.02. The second-order valence-corrected chi connectivity index (χ2v) is 3.32. The molecule has 0 spiro atoms. The van der Waals surface area contributed by atoms with E-state index >= 15 is 0 Å². The molecule has 0 saturated heterocycles. The van der Waals surface area contributed by atoms with E-state index < -0.39 is 0 Å². The number of benzene rings is 1. The van der Waals surface area contributed by atoms with Gasteiger partial charge in [-0.3, -0.25) is 0 Å². The Hall–Kier alpha value is -0.960. The Labute approximate surface area is 89.7 Å². The summed E-state index contributed by atoms with van der Waals surface area (Å²) in [5.74, 6) is 0.470. The zero-order valence-electron chi connectivity index (χ0n) is 7.94. The van der Waals surface area contributed by atoms with Gasteiger partial charge in [0.25, 0.3) is 0 Å². The fourth-order valence-electron chi connectivity index (χ4n) is 1.03. The summed E-state index contributed by atoms with van der Waals surface area (Å²) in [7, 11) is 0. The smallest absolute Gasteiger partial charge is 0.338 e. The first-order chi connectivity index (χ1) is 6.84. The molecule has 0 N–H and O–H groups in total. The van der Waals surface area contributed by atoms with E-state index in [4.69, 9.17) is 17.4 Å². The maximum atomic E-state index is 11.4. The molecule has 0 aliphatic heterocycles.